The number of carbonyl (C=O) groups excluding carboxylic acids is 2. The van der Waals surface area contributed by atoms with Gasteiger partial charge in [0.25, 0.3) is 5.91 Å². The van der Waals surface area contributed by atoms with Gasteiger partial charge >= 0.3 is 0 Å². The molecule has 1 aliphatic carbocycles. The van der Waals surface area contributed by atoms with Gasteiger partial charge in [-0.25, -0.2) is 4.98 Å². The van der Waals surface area contributed by atoms with Crippen molar-refractivity contribution in [3.8, 4) is 0 Å². The molecule has 1 saturated carbocycles. The summed E-state index contributed by atoms with van der Waals surface area (Å²) >= 11 is 5.94. The number of ketones is 1. The third kappa shape index (κ3) is 3.05. The highest BCUT2D eigenvalue weighted by Crippen LogP contribution is 2.21. The van der Waals surface area contributed by atoms with Crippen molar-refractivity contribution in [1.29, 1.82) is 0 Å². The zero-order valence-corrected chi connectivity index (χ0v) is 12.2. The molecule has 4 nitrogen and oxygen atoms in total. The van der Waals surface area contributed by atoms with Crippen molar-refractivity contribution in [3.63, 3.8) is 0 Å². The summed E-state index contributed by atoms with van der Waals surface area (Å²) in [5.74, 6) is -0.0472. The average molecular weight is 303 g/mol. The van der Waals surface area contributed by atoms with Crippen LogP contribution in [0.1, 0.15) is 29.8 Å². The molecule has 1 heterocycles. The predicted molar refractivity (Wildman–Crippen MR) is 81.4 cm³/mol. The molecule has 1 atom stereocenters. The number of nitrogens with zero attached hydrogens (tertiary/aromatic N) is 1. The molecule has 3 rings (SSSR count). The fraction of sp³-hybridized carbons (Fsp3) is 0.312. The number of Topliss-reactive ketones (excluding diaryl/α,β-unsaturated/α-hetero) is 1. The minimum atomic E-state index is -0.253. The van der Waals surface area contributed by atoms with E-state index in [0.29, 0.717) is 29.2 Å². The van der Waals surface area contributed by atoms with Gasteiger partial charge in [-0.15, -0.1) is 0 Å². The summed E-state index contributed by atoms with van der Waals surface area (Å²) in [5.41, 5.74) is 1.03. The van der Waals surface area contributed by atoms with Gasteiger partial charge in [0.15, 0.2) is 0 Å². The first-order valence-corrected chi connectivity index (χ1v) is 7.38. The average Bonchev–Trinajstić information content (AvgIpc) is 2.89. The molecule has 1 fully saturated rings. The Morgan fingerprint density at radius 2 is 2.14 bits per heavy atom. The lowest BCUT2D eigenvalue weighted by Crippen LogP contribution is -2.31. The lowest BCUT2D eigenvalue weighted by atomic mass is 10.1. The summed E-state index contributed by atoms with van der Waals surface area (Å²) in [7, 11) is 0. The fourth-order valence-corrected chi connectivity index (χ4v) is 2.79. The SMILES string of the molecule is O=C(NCC1CCCC1=O)c1ccc2ccc(Cl)cc2n1. The van der Waals surface area contributed by atoms with E-state index in [9.17, 15) is 9.59 Å². The number of carbonyl (C=O) groups is 2. The van der Waals surface area contributed by atoms with E-state index in [-0.39, 0.29) is 17.6 Å². The Morgan fingerprint density at radius 1 is 1.33 bits per heavy atom. The maximum Gasteiger partial charge on any atom is 0.269 e. The normalized spacial score (nSPS) is 18.1. The van der Waals surface area contributed by atoms with Crippen LogP contribution in [-0.4, -0.2) is 23.2 Å². The van der Waals surface area contributed by atoms with Crippen LogP contribution in [0.4, 0.5) is 0 Å². The summed E-state index contributed by atoms with van der Waals surface area (Å²) in [5, 5.41) is 4.31. The fourth-order valence-electron chi connectivity index (χ4n) is 2.63. The van der Waals surface area contributed by atoms with Crippen LogP contribution >= 0.6 is 11.6 Å². The minimum Gasteiger partial charge on any atom is -0.350 e. The van der Waals surface area contributed by atoms with E-state index in [2.05, 4.69) is 10.3 Å². The van der Waals surface area contributed by atoms with Crippen molar-refractivity contribution in [2.45, 2.75) is 19.3 Å². The second kappa shape index (κ2) is 5.82. The first-order chi connectivity index (χ1) is 10.1. The maximum atomic E-state index is 12.1. The van der Waals surface area contributed by atoms with Gasteiger partial charge in [0, 0.05) is 29.3 Å². The highest BCUT2D eigenvalue weighted by molar-refractivity contribution is 6.31. The molecule has 1 amide bonds. The summed E-state index contributed by atoms with van der Waals surface area (Å²) in [6.45, 7) is 0.396. The minimum absolute atomic E-state index is 0.0381. The molecular weight excluding hydrogens is 288 g/mol. The third-order valence-electron chi connectivity index (χ3n) is 3.83. The molecule has 0 saturated heterocycles. The van der Waals surface area contributed by atoms with Crippen molar-refractivity contribution in [2.24, 2.45) is 5.92 Å². The quantitative estimate of drug-likeness (QED) is 0.948. The Labute approximate surface area is 127 Å². The van der Waals surface area contributed by atoms with Crippen LogP contribution in [0.3, 0.4) is 0 Å². The van der Waals surface area contributed by atoms with Gasteiger partial charge in [-0.1, -0.05) is 23.7 Å². The highest BCUT2D eigenvalue weighted by Gasteiger charge is 2.24. The third-order valence-corrected chi connectivity index (χ3v) is 4.06. The van der Waals surface area contributed by atoms with Crippen molar-refractivity contribution >= 4 is 34.2 Å². The Kier molecular flexibility index (Phi) is 3.88. The van der Waals surface area contributed by atoms with E-state index in [1.165, 1.54) is 0 Å². The smallest absolute Gasteiger partial charge is 0.269 e. The van der Waals surface area contributed by atoms with E-state index in [0.717, 1.165) is 18.2 Å². The Morgan fingerprint density at radius 3 is 2.90 bits per heavy atom. The lowest BCUT2D eigenvalue weighted by molar-refractivity contribution is -0.120. The molecule has 0 aliphatic heterocycles. The molecule has 21 heavy (non-hydrogen) atoms. The Hall–Kier alpha value is -1.94. The largest absolute Gasteiger partial charge is 0.350 e. The predicted octanol–water partition coefficient (Wildman–Crippen LogP) is 2.99. The molecule has 1 aromatic carbocycles. The summed E-state index contributed by atoms with van der Waals surface area (Å²) in [4.78, 5) is 28.0. The number of hydrogen-bond acceptors (Lipinski definition) is 3. The van der Waals surface area contributed by atoms with E-state index >= 15 is 0 Å². The number of benzene rings is 1. The van der Waals surface area contributed by atoms with Crippen molar-refractivity contribution in [2.75, 3.05) is 6.54 Å². The molecule has 5 heteroatoms. The zero-order chi connectivity index (χ0) is 14.8. The van der Waals surface area contributed by atoms with Crippen molar-refractivity contribution in [3.05, 3.63) is 41.0 Å². The number of halogens is 1. The topological polar surface area (TPSA) is 59.1 Å². The van der Waals surface area contributed by atoms with Crippen LogP contribution in [0.2, 0.25) is 5.02 Å². The van der Waals surface area contributed by atoms with Gasteiger partial charge in [-0.2, -0.15) is 0 Å². The van der Waals surface area contributed by atoms with Gasteiger partial charge in [-0.05, 0) is 31.0 Å². The van der Waals surface area contributed by atoms with Crippen LogP contribution in [0.15, 0.2) is 30.3 Å². The summed E-state index contributed by atoms with van der Waals surface area (Å²) in [6.07, 6.45) is 2.42. The molecule has 108 valence electrons. The molecular formula is C16H15ClN2O2. The van der Waals surface area contributed by atoms with E-state index in [1.807, 2.05) is 12.1 Å². The number of aromatic nitrogens is 1. The number of rotatable bonds is 3. The van der Waals surface area contributed by atoms with Gasteiger partial charge < -0.3 is 5.32 Å². The van der Waals surface area contributed by atoms with E-state index in [1.54, 1.807) is 18.2 Å². The summed E-state index contributed by atoms with van der Waals surface area (Å²) < 4.78 is 0. The standard InChI is InChI=1S/C16H15ClN2O2/c17-12-6-4-10-5-7-13(19-14(10)8-12)16(21)18-9-11-2-1-3-15(11)20/h4-8,11H,1-3,9H2,(H,18,21). The second-order valence-electron chi connectivity index (χ2n) is 5.30. The second-order valence-corrected chi connectivity index (χ2v) is 5.74. The number of hydrogen-bond donors (Lipinski definition) is 1. The number of amides is 1. The molecule has 2 aromatic rings. The van der Waals surface area contributed by atoms with Crippen LogP contribution in [-0.2, 0) is 4.79 Å². The van der Waals surface area contributed by atoms with E-state index in [4.69, 9.17) is 11.6 Å². The lowest BCUT2D eigenvalue weighted by Gasteiger charge is -2.09. The molecule has 0 radical (unpaired) electrons. The van der Waals surface area contributed by atoms with Crippen LogP contribution in [0.5, 0.6) is 0 Å². The van der Waals surface area contributed by atoms with Crippen LogP contribution in [0, 0.1) is 5.92 Å². The van der Waals surface area contributed by atoms with Gasteiger partial charge in [-0.3, -0.25) is 9.59 Å². The molecule has 1 aromatic heterocycles. The highest BCUT2D eigenvalue weighted by atomic mass is 35.5. The Bertz CT molecular complexity index is 714. The van der Waals surface area contributed by atoms with Crippen LogP contribution in [0.25, 0.3) is 10.9 Å². The van der Waals surface area contributed by atoms with Crippen molar-refractivity contribution in [1.82, 2.24) is 10.3 Å². The molecule has 1 aliphatic rings. The van der Waals surface area contributed by atoms with Gasteiger partial charge in [0.1, 0.15) is 11.5 Å². The Balaban J connectivity index is 1.73. The first kappa shape index (κ1) is 14.0. The van der Waals surface area contributed by atoms with E-state index < -0.39 is 0 Å². The monoisotopic (exact) mass is 302 g/mol. The number of fused-ring (bicyclic) bond motifs is 1. The summed E-state index contributed by atoms with van der Waals surface area (Å²) in [6, 6.07) is 8.91. The van der Waals surface area contributed by atoms with Crippen molar-refractivity contribution < 1.29 is 9.59 Å². The number of nitrogens with one attached hydrogen (secondary N) is 1. The zero-order valence-electron chi connectivity index (χ0n) is 11.4. The number of pyridine rings is 1. The van der Waals surface area contributed by atoms with Crippen LogP contribution < -0.4 is 5.32 Å². The van der Waals surface area contributed by atoms with Gasteiger partial charge in [0.05, 0.1) is 5.52 Å². The molecule has 1 N–H and O–H groups in total. The molecule has 1 unspecified atom stereocenters. The first-order valence-electron chi connectivity index (χ1n) is 7.01. The molecule has 0 spiro atoms. The van der Waals surface area contributed by atoms with Gasteiger partial charge in [0.2, 0.25) is 0 Å². The maximum absolute atomic E-state index is 12.1. The molecule has 0 bridgehead atoms.